The first-order valence-corrected chi connectivity index (χ1v) is 6.77. The van der Waals surface area contributed by atoms with Crippen LogP contribution in [0.2, 0.25) is 0 Å². The number of anilines is 1. The Kier molecular flexibility index (Phi) is 3.76. The maximum atomic E-state index is 14.0. The van der Waals surface area contributed by atoms with E-state index in [1.807, 2.05) is 0 Å². The van der Waals surface area contributed by atoms with E-state index < -0.39 is 11.6 Å². The van der Waals surface area contributed by atoms with Crippen LogP contribution in [0.15, 0.2) is 12.1 Å². The highest BCUT2D eigenvalue weighted by molar-refractivity contribution is 7.80. The summed E-state index contributed by atoms with van der Waals surface area (Å²) < 4.78 is 27.9. The topological polar surface area (TPSA) is 38.0 Å². The minimum absolute atomic E-state index is 0.00875. The highest BCUT2D eigenvalue weighted by atomic mass is 32.1. The number of halogens is 2. The van der Waals surface area contributed by atoms with Gasteiger partial charge in [0.2, 0.25) is 0 Å². The molecule has 1 aromatic carbocycles. The van der Waals surface area contributed by atoms with Gasteiger partial charge in [-0.15, -0.1) is 0 Å². The maximum absolute atomic E-state index is 14.0. The summed E-state index contributed by atoms with van der Waals surface area (Å²) in [6.07, 6.45) is 3.04. The Balaban J connectivity index is 2.28. The van der Waals surface area contributed by atoms with Crippen LogP contribution in [0.4, 0.5) is 14.5 Å². The molecule has 0 heterocycles. The zero-order valence-electron chi connectivity index (χ0n) is 11.1. The zero-order chi connectivity index (χ0) is 14.2. The number of nitrogens with one attached hydrogen (secondary N) is 1. The summed E-state index contributed by atoms with van der Waals surface area (Å²) in [5, 5.41) is 3.00. The molecular formula is C14H18F2N2S. The van der Waals surface area contributed by atoms with E-state index in [1.54, 1.807) is 0 Å². The Morgan fingerprint density at radius 2 is 1.95 bits per heavy atom. The smallest absolute Gasteiger partial charge is 0.150 e. The molecule has 0 radical (unpaired) electrons. The lowest BCUT2D eigenvalue weighted by atomic mass is 9.87. The van der Waals surface area contributed by atoms with E-state index in [9.17, 15) is 8.78 Å². The van der Waals surface area contributed by atoms with Crippen LogP contribution < -0.4 is 11.1 Å². The van der Waals surface area contributed by atoms with E-state index in [2.05, 4.69) is 19.2 Å². The first kappa shape index (κ1) is 14.2. The predicted molar refractivity (Wildman–Crippen MR) is 77.3 cm³/mol. The van der Waals surface area contributed by atoms with E-state index in [4.69, 9.17) is 18.0 Å². The lowest BCUT2D eigenvalue weighted by Gasteiger charge is -2.29. The number of rotatable bonds is 3. The maximum Gasteiger partial charge on any atom is 0.150 e. The van der Waals surface area contributed by atoms with Gasteiger partial charge in [-0.25, -0.2) is 8.78 Å². The van der Waals surface area contributed by atoms with Gasteiger partial charge >= 0.3 is 0 Å². The van der Waals surface area contributed by atoms with Crippen molar-refractivity contribution in [2.24, 2.45) is 11.1 Å². The molecule has 1 aromatic rings. The van der Waals surface area contributed by atoms with Crippen LogP contribution in [-0.2, 0) is 0 Å². The zero-order valence-corrected chi connectivity index (χ0v) is 11.9. The molecular weight excluding hydrogens is 266 g/mol. The first-order chi connectivity index (χ1) is 8.81. The molecule has 1 fully saturated rings. The van der Waals surface area contributed by atoms with Gasteiger partial charge in [0.25, 0.3) is 0 Å². The van der Waals surface area contributed by atoms with Crippen molar-refractivity contribution < 1.29 is 8.78 Å². The van der Waals surface area contributed by atoms with Gasteiger partial charge in [0.15, 0.2) is 0 Å². The minimum atomic E-state index is -0.648. The fraction of sp³-hybridized carbons (Fsp3) is 0.500. The number of hydrogen-bond acceptors (Lipinski definition) is 2. The van der Waals surface area contributed by atoms with E-state index in [-0.39, 0.29) is 27.7 Å². The third-order valence-electron chi connectivity index (χ3n) is 3.90. The number of hydrogen-bond donors (Lipinski definition) is 2. The van der Waals surface area contributed by atoms with Crippen LogP contribution >= 0.6 is 12.2 Å². The summed E-state index contributed by atoms with van der Waals surface area (Å²) in [7, 11) is 0. The number of benzene rings is 1. The van der Waals surface area contributed by atoms with Crippen molar-refractivity contribution in [3.8, 4) is 0 Å². The molecule has 19 heavy (non-hydrogen) atoms. The van der Waals surface area contributed by atoms with Crippen molar-refractivity contribution in [3.05, 3.63) is 29.3 Å². The van der Waals surface area contributed by atoms with Gasteiger partial charge in [0.1, 0.15) is 22.3 Å². The second-order valence-corrected chi connectivity index (χ2v) is 6.20. The van der Waals surface area contributed by atoms with Crippen LogP contribution in [0.25, 0.3) is 0 Å². The Hall–Kier alpha value is -1.23. The van der Waals surface area contributed by atoms with Crippen molar-refractivity contribution in [2.75, 3.05) is 5.32 Å². The molecule has 1 unspecified atom stereocenters. The van der Waals surface area contributed by atoms with Crippen LogP contribution in [-0.4, -0.2) is 11.0 Å². The third kappa shape index (κ3) is 2.86. The van der Waals surface area contributed by atoms with Crippen LogP contribution in [0.5, 0.6) is 0 Å². The van der Waals surface area contributed by atoms with E-state index in [0.717, 1.165) is 19.3 Å². The first-order valence-electron chi connectivity index (χ1n) is 6.36. The quantitative estimate of drug-likeness (QED) is 0.833. The molecule has 5 heteroatoms. The van der Waals surface area contributed by atoms with Crippen molar-refractivity contribution in [1.82, 2.24) is 0 Å². The third-order valence-corrected chi connectivity index (χ3v) is 4.14. The average Bonchev–Trinajstić information content (AvgIpc) is 2.62. The second kappa shape index (κ2) is 5.04. The second-order valence-electron chi connectivity index (χ2n) is 5.76. The standard InChI is InChI=1S/C14H18F2N2S/c1-14(2)5-3-4-11(14)18-12-9(15)6-8(13(17)19)7-10(12)16/h6-7,11,18H,3-5H2,1-2H3,(H2,17,19). The highest BCUT2D eigenvalue weighted by Gasteiger charge is 2.35. The van der Waals surface area contributed by atoms with Crippen LogP contribution in [0.3, 0.4) is 0 Å². The highest BCUT2D eigenvalue weighted by Crippen LogP contribution is 2.39. The molecule has 2 nitrogen and oxygen atoms in total. The molecule has 0 spiro atoms. The molecule has 1 aliphatic rings. The van der Waals surface area contributed by atoms with Crippen LogP contribution in [0.1, 0.15) is 38.7 Å². The molecule has 104 valence electrons. The van der Waals surface area contributed by atoms with Gasteiger partial charge in [0.05, 0.1) is 0 Å². The Labute approximate surface area is 117 Å². The summed E-state index contributed by atoms with van der Waals surface area (Å²) in [5.41, 5.74) is 5.55. The van der Waals surface area contributed by atoms with Crippen molar-refractivity contribution in [1.29, 1.82) is 0 Å². The van der Waals surface area contributed by atoms with E-state index in [1.165, 1.54) is 12.1 Å². The average molecular weight is 284 g/mol. The van der Waals surface area contributed by atoms with Gasteiger partial charge < -0.3 is 11.1 Å². The summed E-state index contributed by atoms with van der Waals surface area (Å²) in [6, 6.07) is 2.43. The van der Waals surface area contributed by atoms with E-state index in [0.29, 0.717) is 0 Å². The Morgan fingerprint density at radius 1 is 1.37 bits per heavy atom. The van der Waals surface area contributed by atoms with Gasteiger partial charge in [-0.1, -0.05) is 32.5 Å². The molecule has 0 aliphatic heterocycles. The predicted octanol–water partition coefficient (Wildman–Crippen LogP) is 3.59. The SMILES string of the molecule is CC1(C)CCCC1Nc1c(F)cc(C(N)=S)cc1F. The molecule has 0 amide bonds. The number of nitrogens with two attached hydrogens (primary N) is 1. The summed E-state index contributed by atoms with van der Waals surface area (Å²) in [6.45, 7) is 4.22. The van der Waals surface area contributed by atoms with E-state index >= 15 is 0 Å². The normalized spacial score (nSPS) is 21.4. The molecule has 3 N–H and O–H groups in total. The van der Waals surface area contributed by atoms with Crippen molar-refractivity contribution in [3.63, 3.8) is 0 Å². The van der Waals surface area contributed by atoms with Gasteiger partial charge in [-0.2, -0.15) is 0 Å². The fourth-order valence-electron chi connectivity index (χ4n) is 2.62. The molecule has 1 saturated carbocycles. The number of thiocarbonyl (C=S) groups is 1. The minimum Gasteiger partial charge on any atom is -0.389 e. The monoisotopic (exact) mass is 284 g/mol. The molecule has 1 aliphatic carbocycles. The largest absolute Gasteiger partial charge is 0.389 e. The lowest BCUT2D eigenvalue weighted by Crippen LogP contribution is -2.31. The Bertz CT molecular complexity index is 491. The molecule has 0 bridgehead atoms. The van der Waals surface area contributed by atoms with Crippen LogP contribution in [0, 0.1) is 17.0 Å². The summed E-state index contributed by atoms with van der Waals surface area (Å²) in [5.74, 6) is -1.30. The van der Waals surface area contributed by atoms with Crippen molar-refractivity contribution >= 4 is 22.9 Å². The molecule has 1 atom stereocenters. The molecule has 0 saturated heterocycles. The van der Waals surface area contributed by atoms with Crippen molar-refractivity contribution in [2.45, 2.75) is 39.2 Å². The lowest BCUT2D eigenvalue weighted by molar-refractivity contribution is 0.348. The van der Waals surface area contributed by atoms with Gasteiger partial charge in [-0.05, 0) is 30.4 Å². The van der Waals surface area contributed by atoms with Gasteiger partial charge in [-0.3, -0.25) is 0 Å². The Morgan fingerprint density at radius 3 is 2.37 bits per heavy atom. The molecule has 0 aromatic heterocycles. The fourth-order valence-corrected chi connectivity index (χ4v) is 2.74. The summed E-state index contributed by atoms with van der Waals surface area (Å²) in [4.78, 5) is -0.00875. The summed E-state index contributed by atoms with van der Waals surface area (Å²) >= 11 is 4.73. The molecule has 2 rings (SSSR count). The van der Waals surface area contributed by atoms with Gasteiger partial charge in [0, 0.05) is 11.6 Å².